The number of pyridine rings is 1. The average Bonchev–Trinajstić information content (AvgIpc) is 3.14. The molecule has 0 radical (unpaired) electrons. The third-order valence-electron chi connectivity index (χ3n) is 5.16. The minimum atomic E-state index is -4.70. The van der Waals surface area contributed by atoms with Gasteiger partial charge in [0.25, 0.3) is 5.56 Å². The second-order valence-corrected chi connectivity index (χ2v) is 7.58. The first-order valence-corrected chi connectivity index (χ1v) is 10.6. The number of nitrogens with one attached hydrogen (secondary N) is 1. The lowest BCUT2D eigenvalue weighted by Crippen LogP contribution is -2.32. The molecule has 1 aromatic carbocycles. The summed E-state index contributed by atoms with van der Waals surface area (Å²) in [5.41, 5.74) is -0.426. The molecule has 3 heterocycles. The summed E-state index contributed by atoms with van der Waals surface area (Å²) in [5.74, 6) is -0.424. The molecule has 3 aromatic heterocycles. The van der Waals surface area contributed by atoms with Crippen molar-refractivity contribution in [2.24, 2.45) is 0 Å². The van der Waals surface area contributed by atoms with E-state index < -0.39 is 29.4 Å². The van der Waals surface area contributed by atoms with Crippen LogP contribution in [0.1, 0.15) is 25.2 Å². The fraction of sp³-hybridized carbons (Fsp3) is 0.318. The van der Waals surface area contributed by atoms with E-state index in [0.29, 0.717) is 12.4 Å². The maximum absolute atomic E-state index is 13.1. The zero-order valence-electron chi connectivity index (χ0n) is 18.7. The van der Waals surface area contributed by atoms with E-state index in [2.05, 4.69) is 20.3 Å². The number of alkyl halides is 3. The summed E-state index contributed by atoms with van der Waals surface area (Å²) in [6.45, 7) is 3.10. The SMILES string of the molecule is CCn1c(COCc2ccccc2)nn(-c2cc3cn[nH]c(=O)c3c(OC(C)C(F)(F)F)n2)c1=O. The highest BCUT2D eigenvalue weighted by molar-refractivity contribution is 5.86. The van der Waals surface area contributed by atoms with Crippen molar-refractivity contribution in [1.82, 2.24) is 29.5 Å². The van der Waals surface area contributed by atoms with Gasteiger partial charge in [0.15, 0.2) is 17.7 Å². The van der Waals surface area contributed by atoms with Gasteiger partial charge < -0.3 is 9.47 Å². The molecule has 0 spiro atoms. The standard InChI is InChI=1S/C22H21F3N6O4/c1-3-30-17(12-34-11-14-7-5-4-6-8-14)29-31(21(30)33)16-9-15-10-26-28-19(32)18(15)20(27-16)35-13(2)22(23,24)25/h4-10,13H,3,11-12H2,1-2H3,(H,28,32). The molecule has 0 bridgehead atoms. The highest BCUT2D eigenvalue weighted by Gasteiger charge is 2.39. The normalized spacial score (nSPS) is 12.7. The number of aromatic amines is 1. The first-order chi connectivity index (χ1) is 16.7. The Morgan fingerprint density at radius 1 is 1.14 bits per heavy atom. The molecule has 0 amide bonds. The summed E-state index contributed by atoms with van der Waals surface area (Å²) < 4.78 is 52.4. The zero-order chi connectivity index (χ0) is 25.2. The van der Waals surface area contributed by atoms with E-state index in [1.165, 1.54) is 16.8 Å². The van der Waals surface area contributed by atoms with Gasteiger partial charge in [-0.05, 0) is 25.5 Å². The van der Waals surface area contributed by atoms with Gasteiger partial charge in [-0.25, -0.2) is 9.89 Å². The van der Waals surface area contributed by atoms with Crippen molar-refractivity contribution in [3.63, 3.8) is 0 Å². The average molecular weight is 490 g/mol. The van der Waals surface area contributed by atoms with Crippen molar-refractivity contribution >= 4 is 10.8 Å². The van der Waals surface area contributed by atoms with Gasteiger partial charge in [-0.3, -0.25) is 9.36 Å². The molecule has 0 saturated carbocycles. The fourth-order valence-corrected chi connectivity index (χ4v) is 3.35. The van der Waals surface area contributed by atoms with E-state index in [4.69, 9.17) is 9.47 Å². The first-order valence-electron chi connectivity index (χ1n) is 10.6. The molecular formula is C22H21F3N6O4. The van der Waals surface area contributed by atoms with E-state index in [-0.39, 0.29) is 29.7 Å². The van der Waals surface area contributed by atoms with Gasteiger partial charge in [0.05, 0.1) is 12.8 Å². The first kappa shape index (κ1) is 24.1. The summed E-state index contributed by atoms with van der Waals surface area (Å²) in [7, 11) is 0. The molecule has 4 aromatic rings. The molecule has 35 heavy (non-hydrogen) atoms. The Kier molecular flexibility index (Phi) is 6.69. The number of rotatable bonds is 8. The van der Waals surface area contributed by atoms with Crippen LogP contribution in [0.15, 0.2) is 52.2 Å². The molecule has 13 heteroatoms. The lowest BCUT2D eigenvalue weighted by molar-refractivity contribution is -0.189. The van der Waals surface area contributed by atoms with E-state index in [9.17, 15) is 22.8 Å². The molecule has 4 rings (SSSR count). The summed E-state index contributed by atoms with van der Waals surface area (Å²) in [6, 6.07) is 10.7. The van der Waals surface area contributed by atoms with Crippen LogP contribution in [0.4, 0.5) is 13.2 Å². The predicted molar refractivity (Wildman–Crippen MR) is 118 cm³/mol. The van der Waals surface area contributed by atoms with Gasteiger partial charge in [-0.2, -0.15) is 27.9 Å². The van der Waals surface area contributed by atoms with E-state index in [1.54, 1.807) is 6.92 Å². The minimum Gasteiger partial charge on any atom is -0.464 e. The summed E-state index contributed by atoms with van der Waals surface area (Å²) in [5, 5.41) is 9.99. The van der Waals surface area contributed by atoms with Crippen LogP contribution in [0.2, 0.25) is 0 Å². The Morgan fingerprint density at radius 3 is 2.57 bits per heavy atom. The Morgan fingerprint density at radius 2 is 1.89 bits per heavy atom. The highest BCUT2D eigenvalue weighted by Crippen LogP contribution is 2.28. The van der Waals surface area contributed by atoms with Crippen molar-refractivity contribution in [2.75, 3.05) is 0 Å². The minimum absolute atomic E-state index is 0.00818. The third-order valence-corrected chi connectivity index (χ3v) is 5.16. The molecule has 1 N–H and O–H groups in total. The number of benzene rings is 1. The Labute approximate surface area is 195 Å². The third kappa shape index (κ3) is 5.09. The monoisotopic (exact) mass is 490 g/mol. The van der Waals surface area contributed by atoms with Crippen LogP contribution in [0.3, 0.4) is 0 Å². The van der Waals surface area contributed by atoms with Crippen LogP contribution in [0, 0.1) is 0 Å². The maximum Gasteiger partial charge on any atom is 0.425 e. The number of aromatic nitrogens is 6. The number of hydrogen-bond acceptors (Lipinski definition) is 7. The van der Waals surface area contributed by atoms with Crippen molar-refractivity contribution < 1.29 is 22.6 Å². The van der Waals surface area contributed by atoms with Crippen LogP contribution < -0.4 is 16.0 Å². The van der Waals surface area contributed by atoms with Crippen LogP contribution in [-0.4, -0.2) is 41.8 Å². The van der Waals surface area contributed by atoms with Crippen molar-refractivity contribution in [3.8, 4) is 11.7 Å². The van der Waals surface area contributed by atoms with Crippen LogP contribution >= 0.6 is 0 Å². The number of ether oxygens (including phenoxy) is 2. The molecule has 184 valence electrons. The number of hydrogen-bond donors (Lipinski definition) is 1. The van der Waals surface area contributed by atoms with Crippen LogP contribution in [0.5, 0.6) is 5.88 Å². The van der Waals surface area contributed by atoms with Gasteiger partial charge in [0.1, 0.15) is 12.0 Å². The summed E-state index contributed by atoms with van der Waals surface area (Å²) >= 11 is 0. The molecular weight excluding hydrogens is 469 g/mol. The second-order valence-electron chi connectivity index (χ2n) is 7.58. The van der Waals surface area contributed by atoms with Gasteiger partial charge >= 0.3 is 11.9 Å². The molecule has 1 unspecified atom stereocenters. The highest BCUT2D eigenvalue weighted by atomic mass is 19.4. The Balaban J connectivity index is 1.73. The lowest BCUT2D eigenvalue weighted by Gasteiger charge is -2.18. The van der Waals surface area contributed by atoms with Gasteiger partial charge in [0.2, 0.25) is 5.88 Å². The van der Waals surface area contributed by atoms with Crippen molar-refractivity contribution in [1.29, 1.82) is 0 Å². The van der Waals surface area contributed by atoms with Gasteiger partial charge in [-0.1, -0.05) is 30.3 Å². The van der Waals surface area contributed by atoms with Gasteiger partial charge in [0, 0.05) is 11.9 Å². The molecule has 10 nitrogen and oxygen atoms in total. The number of nitrogens with zero attached hydrogens (tertiary/aromatic N) is 5. The molecule has 1 atom stereocenters. The van der Waals surface area contributed by atoms with E-state index >= 15 is 0 Å². The molecule has 0 saturated heterocycles. The smallest absolute Gasteiger partial charge is 0.425 e. The molecule has 0 aliphatic carbocycles. The summed E-state index contributed by atoms with van der Waals surface area (Å²) in [4.78, 5) is 29.3. The zero-order valence-corrected chi connectivity index (χ0v) is 18.7. The molecule has 0 aliphatic rings. The largest absolute Gasteiger partial charge is 0.464 e. The topological polar surface area (TPSA) is 117 Å². The number of fused-ring (bicyclic) bond motifs is 1. The fourth-order valence-electron chi connectivity index (χ4n) is 3.35. The molecule has 0 fully saturated rings. The summed E-state index contributed by atoms with van der Waals surface area (Å²) in [6.07, 6.45) is -5.74. The van der Waals surface area contributed by atoms with Crippen LogP contribution in [0.25, 0.3) is 16.6 Å². The quantitative estimate of drug-likeness (QED) is 0.404. The lowest BCUT2D eigenvalue weighted by atomic mass is 10.2. The Bertz CT molecular complexity index is 1450. The predicted octanol–water partition coefficient (Wildman–Crippen LogP) is 2.73. The number of H-pyrrole nitrogens is 1. The van der Waals surface area contributed by atoms with Crippen LogP contribution in [-0.2, 0) is 24.5 Å². The van der Waals surface area contributed by atoms with Gasteiger partial charge in [-0.15, -0.1) is 5.10 Å². The molecule has 0 aliphatic heterocycles. The Hall–Kier alpha value is -4.00. The van der Waals surface area contributed by atoms with E-state index in [0.717, 1.165) is 17.2 Å². The van der Waals surface area contributed by atoms with E-state index in [1.807, 2.05) is 30.3 Å². The van der Waals surface area contributed by atoms with Crippen molar-refractivity contribution in [3.05, 3.63) is 74.8 Å². The maximum atomic E-state index is 13.1. The van der Waals surface area contributed by atoms with Crippen molar-refractivity contribution in [2.45, 2.75) is 45.9 Å². The number of halogens is 3. The second kappa shape index (κ2) is 9.70.